The fraction of sp³-hybridized carbons (Fsp3) is 0. The average Bonchev–Trinajstić information content (AvgIpc) is 2.76. The molecule has 0 saturated heterocycles. The Labute approximate surface area is 96.0 Å². The van der Waals surface area contributed by atoms with Gasteiger partial charge in [-0.2, -0.15) is 0 Å². The Kier molecular flexibility index (Phi) is 2.08. The second-order valence-corrected chi connectivity index (χ2v) is 4.39. The van der Waals surface area contributed by atoms with Crippen LogP contribution in [0.4, 0.5) is 0 Å². The number of benzene rings is 1. The molecule has 1 aromatic carbocycles. The monoisotopic (exact) mass is 228 g/mol. The molecule has 3 nitrogen and oxygen atoms in total. The van der Waals surface area contributed by atoms with Crippen LogP contribution in [0.3, 0.4) is 0 Å². The molecule has 3 rings (SSSR count). The molecule has 16 heavy (non-hydrogen) atoms. The van der Waals surface area contributed by atoms with E-state index in [0.29, 0.717) is 5.52 Å². The van der Waals surface area contributed by atoms with Crippen LogP contribution in [0.5, 0.6) is 5.75 Å². The van der Waals surface area contributed by atoms with Crippen molar-refractivity contribution >= 4 is 21.6 Å². The number of nitrogens with zero attached hydrogens (tertiary/aromatic N) is 2. The maximum atomic E-state index is 9.66. The first kappa shape index (κ1) is 9.30. The highest BCUT2D eigenvalue weighted by atomic mass is 32.1. The molecule has 2 heterocycles. The lowest BCUT2D eigenvalue weighted by Gasteiger charge is -1.91. The van der Waals surface area contributed by atoms with Crippen LogP contribution in [0.25, 0.3) is 20.9 Å². The molecule has 0 amide bonds. The Morgan fingerprint density at radius 2 is 2.00 bits per heavy atom. The molecule has 3 aromatic rings. The van der Waals surface area contributed by atoms with Crippen molar-refractivity contribution in [1.29, 1.82) is 0 Å². The average molecular weight is 228 g/mol. The molecule has 0 spiro atoms. The normalized spacial score (nSPS) is 10.8. The first-order valence-electron chi connectivity index (χ1n) is 4.84. The SMILES string of the molecule is Oc1cccc2sc(-c3ccccn3)nc12. The van der Waals surface area contributed by atoms with E-state index in [1.54, 1.807) is 12.3 Å². The minimum absolute atomic E-state index is 0.218. The number of phenols is 1. The number of rotatable bonds is 1. The molecule has 0 bridgehead atoms. The van der Waals surface area contributed by atoms with Gasteiger partial charge in [-0.15, -0.1) is 11.3 Å². The van der Waals surface area contributed by atoms with Crippen molar-refractivity contribution in [2.75, 3.05) is 0 Å². The van der Waals surface area contributed by atoms with Gasteiger partial charge in [-0.25, -0.2) is 4.98 Å². The van der Waals surface area contributed by atoms with E-state index in [1.807, 2.05) is 30.3 Å². The van der Waals surface area contributed by atoms with Crippen LogP contribution in [0.1, 0.15) is 0 Å². The Morgan fingerprint density at radius 1 is 1.06 bits per heavy atom. The second kappa shape index (κ2) is 3.57. The number of pyridine rings is 1. The second-order valence-electron chi connectivity index (χ2n) is 3.36. The van der Waals surface area contributed by atoms with Crippen LogP contribution >= 0.6 is 11.3 Å². The van der Waals surface area contributed by atoms with Crippen LogP contribution in [-0.4, -0.2) is 15.1 Å². The number of hydrogen-bond acceptors (Lipinski definition) is 4. The molecular weight excluding hydrogens is 220 g/mol. The summed E-state index contributed by atoms with van der Waals surface area (Å²) in [6.07, 6.45) is 1.74. The number of para-hydroxylation sites is 1. The first-order valence-corrected chi connectivity index (χ1v) is 5.66. The van der Waals surface area contributed by atoms with E-state index in [-0.39, 0.29) is 5.75 Å². The van der Waals surface area contributed by atoms with E-state index < -0.39 is 0 Å². The lowest BCUT2D eigenvalue weighted by atomic mass is 10.3. The van der Waals surface area contributed by atoms with Gasteiger partial charge < -0.3 is 5.11 Å². The third-order valence-electron chi connectivity index (χ3n) is 2.28. The van der Waals surface area contributed by atoms with Crippen molar-refractivity contribution in [2.24, 2.45) is 0 Å². The highest BCUT2D eigenvalue weighted by Gasteiger charge is 2.09. The minimum atomic E-state index is 0.218. The summed E-state index contributed by atoms with van der Waals surface area (Å²) in [6.45, 7) is 0. The molecule has 4 heteroatoms. The molecular formula is C12H8N2OS. The maximum Gasteiger partial charge on any atom is 0.143 e. The zero-order chi connectivity index (χ0) is 11.0. The fourth-order valence-corrected chi connectivity index (χ4v) is 2.50. The zero-order valence-electron chi connectivity index (χ0n) is 8.29. The van der Waals surface area contributed by atoms with Gasteiger partial charge in [-0.05, 0) is 24.3 Å². The summed E-state index contributed by atoms with van der Waals surface area (Å²) < 4.78 is 0.973. The summed E-state index contributed by atoms with van der Waals surface area (Å²) in [5.74, 6) is 0.218. The number of phenolic OH excluding ortho intramolecular Hbond substituents is 1. The molecule has 0 unspecified atom stereocenters. The van der Waals surface area contributed by atoms with E-state index in [0.717, 1.165) is 15.4 Å². The molecule has 1 N–H and O–H groups in total. The summed E-state index contributed by atoms with van der Waals surface area (Å²) in [7, 11) is 0. The third-order valence-corrected chi connectivity index (χ3v) is 3.32. The summed E-state index contributed by atoms with van der Waals surface area (Å²) in [5.41, 5.74) is 1.48. The largest absolute Gasteiger partial charge is 0.506 e. The molecule has 0 aliphatic rings. The van der Waals surface area contributed by atoms with Gasteiger partial charge in [-0.1, -0.05) is 12.1 Å². The van der Waals surface area contributed by atoms with Crippen molar-refractivity contribution in [3.63, 3.8) is 0 Å². The van der Waals surface area contributed by atoms with Crippen LogP contribution < -0.4 is 0 Å². The van der Waals surface area contributed by atoms with Crippen molar-refractivity contribution in [3.05, 3.63) is 42.6 Å². The van der Waals surface area contributed by atoms with E-state index in [9.17, 15) is 5.11 Å². The van der Waals surface area contributed by atoms with Gasteiger partial charge in [0, 0.05) is 6.20 Å². The number of aromatic nitrogens is 2. The molecule has 0 saturated carbocycles. The molecule has 2 aromatic heterocycles. The van der Waals surface area contributed by atoms with Gasteiger partial charge in [0.25, 0.3) is 0 Å². The van der Waals surface area contributed by atoms with Crippen molar-refractivity contribution in [3.8, 4) is 16.5 Å². The summed E-state index contributed by atoms with van der Waals surface area (Å²) in [6, 6.07) is 11.1. The Balaban J connectivity index is 2.23. The molecule has 78 valence electrons. The van der Waals surface area contributed by atoms with Crippen LogP contribution in [0.2, 0.25) is 0 Å². The van der Waals surface area contributed by atoms with Gasteiger partial charge in [0.1, 0.15) is 16.3 Å². The number of thiazole rings is 1. The summed E-state index contributed by atoms with van der Waals surface area (Å²) in [5, 5.41) is 10.5. The fourth-order valence-electron chi connectivity index (χ4n) is 1.53. The van der Waals surface area contributed by atoms with Gasteiger partial charge in [0.15, 0.2) is 0 Å². The third kappa shape index (κ3) is 1.44. The van der Waals surface area contributed by atoms with E-state index >= 15 is 0 Å². The Morgan fingerprint density at radius 3 is 2.75 bits per heavy atom. The molecule has 0 atom stereocenters. The lowest BCUT2D eigenvalue weighted by molar-refractivity contribution is 0.480. The highest BCUT2D eigenvalue weighted by molar-refractivity contribution is 7.21. The van der Waals surface area contributed by atoms with Gasteiger partial charge in [-0.3, -0.25) is 4.98 Å². The molecule has 0 radical (unpaired) electrons. The molecule has 0 fully saturated rings. The van der Waals surface area contributed by atoms with Crippen molar-refractivity contribution in [1.82, 2.24) is 9.97 Å². The number of hydrogen-bond donors (Lipinski definition) is 1. The van der Waals surface area contributed by atoms with Gasteiger partial charge in [0.05, 0.1) is 10.4 Å². The topological polar surface area (TPSA) is 46.0 Å². The minimum Gasteiger partial charge on any atom is -0.506 e. The Bertz CT molecular complexity index is 634. The predicted molar refractivity (Wildman–Crippen MR) is 64.5 cm³/mol. The summed E-state index contributed by atoms with van der Waals surface area (Å²) >= 11 is 1.53. The zero-order valence-corrected chi connectivity index (χ0v) is 9.11. The van der Waals surface area contributed by atoms with Gasteiger partial charge in [0.2, 0.25) is 0 Å². The van der Waals surface area contributed by atoms with Crippen LogP contribution in [0, 0.1) is 0 Å². The van der Waals surface area contributed by atoms with Crippen LogP contribution in [-0.2, 0) is 0 Å². The lowest BCUT2D eigenvalue weighted by Crippen LogP contribution is -1.79. The quantitative estimate of drug-likeness (QED) is 0.696. The summed E-state index contributed by atoms with van der Waals surface area (Å²) in [4.78, 5) is 8.63. The predicted octanol–water partition coefficient (Wildman–Crippen LogP) is 3.06. The first-order chi connectivity index (χ1) is 7.84. The van der Waals surface area contributed by atoms with E-state index in [4.69, 9.17) is 0 Å². The standard InChI is InChI=1S/C12H8N2OS/c15-9-5-3-6-10-11(9)14-12(16-10)8-4-1-2-7-13-8/h1-7,15H. The smallest absolute Gasteiger partial charge is 0.143 e. The van der Waals surface area contributed by atoms with Crippen molar-refractivity contribution < 1.29 is 5.11 Å². The van der Waals surface area contributed by atoms with E-state index in [2.05, 4.69) is 9.97 Å². The van der Waals surface area contributed by atoms with Crippen LogP contribution in [0.15, 0.2) is 42.6 Å². The molecule has 0 aliphatic carbocycles. The number of fused-ring (bicyclic) bond motifs is 1. The van der Waals surface area contributed by atoms with Gasteiger partial charge >= 0.3 is 0 Å². The number of aromatic hydroxyl groups is 1. The van der Waals surface area contributed by atoms with E-state index in [1.165, 1.54) is 11.3 Å². The Hall–Kier alpha value is -1.94. The highest BCUT2D eigenvalue weighted by Crippen LogP contribution is 2.32. The maximum absolute atomic E-state index is 9.66. The van der Waals surface area contributed by atoms with Crippen molar-refractivity contribution in [2.45, 2.75) is 0 Å². The molecule has 0 aliphatic heterocycles.